The molecular weight excluding hydrogens is 302 g/mol. The Morgan fingerprint density at radius 1 is 0.560 bits per heavy atom. The molecule has 0 unspecified atom stereocenters. The summed E-state index contributed by atoms with van der Waals surface area (Å²) in [5.41, 5.74) is 8.98. The van der Waals surface area contributed by atoms with Crippen LogP contribution in [0, 0.1) is 34.6 Å². The number of hydrogen-bond donors (Lipinski definition) is 0. The lowest BCUT2D eigenvalue weighted by Gasteiger charge is -2.13. The molecule has 0 spiro atoms. The van der Waals surface area contributed by atoms with Crippen LogP contribution in [0.1, 0.15) is 27.8 Å². The molecule has 0 bridgehead atoms. The average molecular weight is 325 g/mol. The second-order valence-corrected chi connectivity index (χ2v) is 7.16. The minimum absolute atomic E-state index is 1.07. The van der Waals surface area contributed by atoms with Crippen molar-refractivity contribution in [2.45, 2.75) is 34.6 Å². The standard InChI is InChI=1S/C24H23N/c1-14-6-7-21-20(18(14)5)8-9-23-22(21)10-11-25-24(23)19-12-15(2)17(4)16(3)13-19/h6-13H,1-5H3. The maximum absolute atomic E-state index is 4.74. The van der Waals surface area contributed by atoms with Crippen molar-refractivity contribution in [2.24, 2.45) is 0 Å². The molecule has 0 fully saturated rings. The molecule has 124 valence electrons. The SMILES string of the molecule is Cc1cc(-c2nccc3c2ccc2c(C)c(C)ccc23)cc(C)c1C. The largest absolute Gasteiger partial charge is 0.256 e. The first-order chi connectivity index (χ1) is 12.0. The summed E-state index contributed by atoms with van der Waals surface area (Å²) in [5.74, 6) is 0. The molecule has 0 radical (unpaired) electrons. The highest BCUT2D eigenvalue weighted by Gasteiger charge is 2.11. The molecule has 0 atom stereocenters. The minimum Gasteiger partial charge on any atom is -0.256 e. The first-order valence-corrected chi connectivity index (χ1v) is 8.83. The number of pyridine rings is 1. The zero-order valence-electron chi connectivity index (χ0n) is 15.6. The number of rotatable bonds is 1. The maximum atomic E-state index is 4.74. The van der Waals surface area contributed by atoms with E-state index in [1.54, 1.807) is 0 Å². The van der Waals surface area contributed by atoms with Crippen molar-refractivity contribution in [3.8, 4) is 11.3 Å². The lowest BCUT2D eigenvalue weighted by molar-refractivity contribution is 1.25. The van der Waals surface area contributed by atoms with Crippen molar-refractivity contribution in [1.29, 1.82) is 0 Å². The molecule has 4 aromatic rings. The van der Waals surface area contributed by atoms with Crippen molar-refractivity contribution in [3.05, 3.63) is 76.5 Å². The number of benzene rings is 3. The fourth-order valence-electron chi connectivity index (χ4n) is 3.73. The molecular formula is C24H23N. The molecule has 1 heteroatoms. The third-order valence-electron chi connectivity index (χ3n) is 5.68. The van der Waals surface area contributed by atoms with Gasteiger partial charge >= 0.3 is 0 Å². The van der Waals surface area contributed by atoms with E-state index in [1.807, 2.05) is 6.20 Å². The van der Waals surface area contributed by atoms with E-state index in [0.717, 1.165) is 5.69 Å². The van der Waals surface area contributed by atoms with Gasteiger partial charge in [-0.2, -0.15) is 0 Å². The fourth-order valence-corrected chi connectivity index (χ4v) is 3.73. The van der Waals surface area contributed by atoms with Gasteiger partial charge in [0.2, 0.25) is 0 Å². The lowest BCUT2D eigenvalue weighted by Crippen LogP contribution is -1.92. The molecule has 0 aliphatic carbocycles. The van der Waals surface area contributed by atoms with Gasteiger partial charge in [-0.05, 0) is 96.8 Å². The molecule has 1 aromatic heterocycles. The molecule has 0 saturated heterocycles. The Morgan fingerprint density at radius 2 is 1.16 bits per heavy atom. The van der Waals surface area contributed by atoms with E-state index in [2.05, 4.69) is 77.1 Å². The van der Waals surface area contributed by atoms with Crippen LogP contribution in [0.5, 0.6) is 0 Å². The average Bonchev–Trinajstić information content (AvgIpc) is 2.61. The van der Waals surface area contributed by atoms with E-state index >= 15 is 0 Å². The fraction of sp³-hybridized carbons (Fsp3) is 0.208. The predicted molar refractivity (Wildman–Crippen MR) is 108 cm³/mol. The molecule has 1 nitrogen and oxygen atoms in total. The smallest absolute Gasteiger partial charge is 0.0780 e. The van der Waals surface area contributed by atoms with Gasteiger partial charge in [0.1, 0.15) is 0 Å². The van der Waals surface area contributed by atoms with Gasteiger partial charge in [0.25, 0.3) is 0 Å². The van der Waals surface area contributed by atoms with Crippen LogP contribution >= 0.6 is 0 Å². The second-order valence-electron chi connectivity index (χ2n) is 7.16. The topological polar surface area (TPSA) is 12.9 Å². The molecule has 0 N–H and O–H groups in total. The normalized spacial score (nSPS) is 11.4. The summed E-state index contributed by atoms with van der Waals surface area (Å²) in [6.07, 6.45) is 1.94. The summed E-state index contributed by atoms with van der Waals surface area (Å²) in [5, 5.41) is 5.15. The summed E-state index contributed by atoms with van der Waals surface area (Å²) in [6.45, 7) is 10.9. The van der Waals surface area contributed by atoms with Crippen LogP contribution in [0.15, 0.2) is 48.7 Å². The van der Waals surface area contributed by atoms with E-state index in [1.165, 1.54) is 54.9 Å². The van der Waals surface area contributed by atoms with Crippen LogP contribution in [0.2, 0.25) is 0 Å². The number of hydrogen-bond acceptors (Lipinski definition) is 1. The number of aromatic nitrogens is 1. The quantitative estimate of drug-likeness (QED) is 0.359. The summed E-state index contributed by atoms with van der Waals surface area (Å²) < 4.78 is 0. The van der Waals surface area contributed by atoms with E-state index < -0.39 is 0 Å². The third-order valence-corrected chi connectivity index (χ3v) is 5.68. The highest BCUT2D eigenvalue weighted by Crippen LogP contribution is 2.34. The second kappa shape index (κ2) is 5.70. The van der Waals surface area contributed by atoms with E-state index in [9.17, 15) is 0 Å². The van der Waals surface area contributed by atoms with Gasteiger partial charge in [0.05, 0.1) is 5.69 Å². The lowest BCUT2D eigenvalue weighted by atomic mass is 9.93. The Bertz CT molecular complexity index is 1110. The van der Waals surface area contributed by atoms with Gasteiger partial charge in [0.15, 0.2) is 0 Å². The van der Waals surface area contributed by atoms with Crippen molar-refractivity contribution < 1.29 is 0 Å². The van der Waals surface area contributed by atoms with E-state index in [0.29, 0.717) is 0 Å². The van der Waals surface area contributed by atoms with Crippen LogP contribution in [0.3, 0.4) is 0 Å². The zero-order chi connectivity index (χ0) is 17.7. The molecule has 0 amide bonds. The number of nitrogens with zero attached hydrogens (tertiary/aromatic N) is 1. The first-order valence-electron chi connectivity index (χ1n) is 8.83. The van der Waals surface area contributed by atoms with Crippen molar-refractivity contribution in [3.63, 3.8) is 0 Å². The van der Waals surface area contributed by atoms with Crippen LogP contribution in [0.25, 0.3) is 32.8 Å². The monoisotopic (exact) mass is 325 g/mol. The van der Waals surface area contributed by atoms with Crippen LogP contribution in [-0.2, 0) is 0 Å². The van der Waals surface area contributed by atoms with Gasteiger partial charge in [-0.25, -0.2) is 0 Å². The summed E-state index contributed by atoms with van der Waals surface area (Å²) in [7, 11) is 0. The van der Waals surface area contributed by atoms with Crippen molar-refractivity contribution in [2.75, 3.05) is 0 Å². The van der Waals surface area contributed by atoms with Gasteiger partial charge in [-0.15, -0.1) is 0 Å². The number of aryl methyl sites for hydroxylation is 4. The third kappa shape index (κ3) is 2.42. The molecule has 4 rings (SSSR count). The molecule has 25 heavy (non-hydrogen) atoms. The Balaban J connectivity index is 2.07. The molecule has 1 heterocycles. The van der Waals surface area contributed by atoms with Crippen LogP contribution in [0.4, 0.5) is 0 Å². The maximum Gasteiger partial charge on any atom is 0.0780 e. The highest BCUT2D eigenvalue weighted by molar-refractivity contribution is 6.12. The molecule has 0 aliphatic rings. The summed E-state index contributed by atoms with van der Waals surface area (Å²) in [4.78, 5) is 4.74. The summed E-state index contributed by atoms with van der Waals surface area (Å²) in [6, 6.07) is 15.6. The van der Waals surface area contributed by atoms with Crippen LogP contribution < -0.4 is 0 Å². The minimum atomic E-state index is 1.07. The Labute approximate surface area is 149 Å². The van der Waals surface area contributed by atoms with Crippen molar-refractivity contribution in [1.82, 2.24) is 4.98 Å². The molecule has 0 aliphatic heterocycles. The van der Waals surface area contributed by atoms with E-state index in [4.69, 9.17) is 4.98 Å². The Kier molecular flexibility index (Phi) is 3.61. The number of fused-ring (bicyclic) bond motifs is 3. The highest BCUT2D eigenvalue weighted by atomic mass is 14.7. The van der Waals surface area contributed by atoms with Gasteiger partial charge < -0.3 is 0 Å². The Morgan fingerprint density at radius 3 is 1.88 bits per heavy atom. The zero-order valence-corrected chi connectivity index (χ0v) is 15.6. The predicted octanol–water partition coefficient (Wildman–Crippen LogP) is 6.60. The molecule has 0 saturated carbocycles. The van der Waals surface area contributed by atoms with Gasteiger partial charge in [-0.1, -0.05) is 24.3 Å². The summed E-state index contributed by atoms with van der Waals surface area (Å²) >= 11 is 0. The Hall–Kier alpha value is -2.67. The molecule has 3 aromatic carbocycles. The van der Waals surface area contributed by atoms with E-state index in [-0.39, 0.29) is 0 Å². The van der Waals surface area contributed by atoms with Gasteiger partial charge in [0, 0.05) is 17.1 Å². The van der Waals surface area contributed by atoms with Crippen molar-refractivity contribution >= 4 is 21.5 Å². The van der Waals surface area contributed by atoms with Crippen LogP contribution in [-0.4, -0.2) is 4.98 Å². The van der Waals surface area contributed by atoms with Gasteiger partial charge in [-0.3, -0.25) is 4.98 Å². The first kappa shape index (κ1) is 15.8.